The van der Waals surface area contributed by atoms with Crippen molar-refractivity contribution in [1.82, 2.24) is 5.32 Å². The Bertz CT molecular complexity index is 839. The first-order valence-electron chi connectivity index (χ1n) is 10.4. The van der Waals surface area contributed by atoms with Crippen LogP contribution in [-0.4, -0.2) is 19.1 Å². The van der Waals surface area contributed by atoms with Crippen molar-refractivity contribution in [2.45, 2.75) is 65.7 Å². The van der Waals surface area contributed by atoms with Gasteiger partial charge in [0.25, 0.3) is 0 Å². The first-order chi connectivity index (χ1) is 13.8. The largest absolute Gasteiger partial charge is 0.383 e. The fraction of sp³-hybridized carbons (Fsp3) is 0.500. The topological polar surface area (TPSA) is 46.2 Å². The standard InChI is InChI=1S/C24H33NO2S2/c1-6-8-17(7-2)15-25-23(18(16-27)13-14-26)21-10-9-19(28-21)20-11-12-22(29-20)24(3,4)5/h9-12,14,16-17,25H,6-8,13,15H2,1-5H3/b23-18+. The zero-order valence-electron chi connectivity index (χ0n) is 18.2. The van der Waals surface area contributed by atoms with Gasteiger partial charge in [-0.2, -0.15) is 0 Å². The Labute approximate surface area is 183 Å². The summed E-state index contributed by atoms with van der Waals surface area (Å²) in [5, 5.41) is 3.51. The molecule has 1 atom stereocenters. The fourth-order valence-electron chi connectivity index (χ4n) is 3.24. The zero-order valence-corrected chi connectivity index (χ0v) is 19.8. The van der Waals surface area contributed by atoms with E-state index in [1.807, 2.05) is 11.3 Å². The molecule has 0 aromatic carbocycles. The molecule has 0 saturated heterocycles. The van der Waals surface area contributed by atoms with Gasteiger partial charge in [0.1, 0.15) is 12.6 Å². The summed E-state index contributed by atoms with van der Waals surface area (Å²) < 4.78 is 0. The van der Waals surface area contributed by atoms with E-state index in [0.29, 0.717) is 11.5 Å². The Morgan fingerprint density at radius 2 is 1.76 bits per heavy atom. The summed E-state index contributed by atoms with van der Waals surface area (Å²) in [4.78, 5) is 27.6. The highest BCUT2D eigenvalue weighted by molar-refractivity contribution is 7.22. The Balaban J connectivity index is 2.33. The lowest BCUT2D eigenvalue weighted by Gasteiger charge is -2.18. The number of allylic oxidation sites excluding steroid dienone is 1. The molecule has 0 aliphatic carbocycles. The number of carbonyl (C=O) groups is 2. The van der Waals surface area contributed by atoms with Gasteiger partial charge in [0.15, 0.2) is 0 Å². The van der Waals surface area contributed by atoms with Crippen LogP contribution in [0.15, 0.2) is 29.8 Å². The molecule has 0 saturated carbocycles. The molecule has 2 aromatic rings. The third kappa shape index (κ3) is 6.38. The molecule has 0 amide bonds. The van der Waals surface area contributed by atoms with Crippen LogP contribution in [0.25, 0.3) is 15.5 Å². The molecule has 1 N–H and O–H groups in total. The number of hydrogen-bond donors (Lipinski definition) is 1. The van der Waals surface area contributed by atoms with Crippen LogP contribution in [-0.2, 0) is 15.0 Å². The summed E-state index contributed by atoms with van der Waals surface area (Å²) >= 11 is 3.49. The van der Waals surface area contributed by atoms with Crippen molar-refractivity contribution >= 4 is 40.9 Å². The maximum absolute atomic E-state index is 11.7. The fourth-order valence-corrected chi connectivity index (χ4v) is 5.46. The van der Waals surface area contributed by atoms with E-state index >= 15 is 0 Å². The van der Waals surface area contributed by atoms with Crippen LogP contribution in [0.3, 0.4) is 0 Å². The lowest BCUT2D eigenvalue weighted by atomic mass is 9.95. The van der Waals surface area contributed by atoms with E-state index in [9.17, 15) is 9.59 Å². The Hall–Kier alpha value is -1.72. The minimum absolute atomic E-state index is 0.136. The minimum atomic E-state index is 0.136. The van der Waals surface area contributed by atoms with Crippen molar-refractivity contribution in [3.63, 3.8) is 0 Å². The summed E-state index contributed by atoms with van der Waals surface area (Å²) in [7, 11) is 0. The average molecular weight is 432 g/mol. The number of nitrogens with one attached hydrogen (secondary N) is 1. The van der Waals surface area contributed by atoms with Gasteiger partial charge in [0, 0.05) is 33.2 Å². The molecule has 29 heavy (non-hydrogen) atoms. The third-order valence-electron chi connectivity index (χ3n) is 5.05. The van der Waals surface area contributed by atoms with Crippen molar-refractivity contribution in [2.24, 2.45) is 5.92 Å². The minimum Gasteiger partial charge on any atom is -0.383 e. The van der Waals surface area contributed by atoms with E-state index in [4.69, 9.17) is 0 Å². The van der Waals surface area contributed by atoms with E-state index < -0.39 is 0 Å². The molecule has 2 rings (SSSR count). The Morgan fingerprint density at radius 3 is 2.31 bits per heavy atom. The first kappa shape index (κ1) is 23.6. The first-order valence-corrected chi connectivity index (χ1v) is 12.0. The monoisotopic (exact) mass is 431 g/mol. The third-order valence-corrected chi connectivity index (χ3v) is 7.86. The molecule has 2 aromatic heterocycles. The number of thiophene rings is 2. The van der Waals surface area contributed by atoms with Gasteiger partial charge in [-0.3, -0.25) is 4.79 Å². The van der Waals surface area contributed by atoms with E-state index in [1.165, 1.54) is 14.6 Å². The smallest absolute Gasteiger partial charge is 0.148 e. The maximum Gasteiger partial charge on any atom is 0.148 e. The Kier molecular flexibility index (Phi) is 8.84. The quantitative estimate of drug-likeness (QED) is 0.318. The van der Waals surface area contributed by atoms with Crippen molar-refractivity contribution in [3.8, 4) is 9.75 Å². The van der Waals surface area contributed by atoms with Crippen LogP contribution in [0.5, 0.6) is 0 Å². The molecule has 0 bridgehead atoms. The highest BCUT2D eigenvalue weighted by Crippen LogP contribution is 2.39. The van der Waals surface area contributed by atoms with Crippen molar-refractivity contribution in [1.29, 1.82) is 0 Å². The average Bonchev–Trinajstić information content (AvgIpc) is 3.35. The number of aldehydes is 2. The summed E-state index contributed by atoms with van der Waals surface area (Å²) in [6.45, 7) is 11.9. The Morgan fingerprint density at radius 1 is 1.07 bits per heavy atom. The van der Waals surface area contributed by atoms with Gasteiger partial charge in [0.05, 0.1) is 10.6 Å². The predicted octanol–water partition coefficient (Wildman–Crippen LogP) is 6.69. The van der Waals surface area contributed by atoms with Crippen LogP contribution in [0, 0.1) is 5.92 Å². The van der Waals surface area contributed by atoms with Crippen LogP contribution in [0.4, 0.5) is 0 Å². The van der Waals surface area contributed by atoms with E-state index in [-0.39, 0.29) is 11.8 Å². The number of hydrogen-bond acceptors (Lipinski definition) is 5. The van der Waals surface area contributed by atoms with Gasteiger partial charge >= 0.3 is 0 Å². The summed E-state index contributed by atoms with van der Waals surface area (Å²) in [5.41, 5.74) is 1.48. The second-order valence-corrected chi connectivity index (χ2v) is 10.6. The van der Waals surface area contributed by atoms with Crippen LogP contribution < -0.4 is 5.32 Å². The second-order valence-electron chi connectivity index (χ2n) is 8.41. The maximum atomic E-state index is 11.7. The van der Waals surface area contributed by atoms with Crippen LogP contribution >= 0.6 is 22.7 Å². The zero-order chi connectivity index (χ0) is 21.4. The van der Waals surface area contributed by atoms with Gasteiger partial charge < -0.3 is 10.1 Å². The SMILES string of the molecule is CCCC(CC)CN/C(=C(/C=O)CC=O)c1ccc(-c2ccc(C(C)(C)C)s2)s1. The number of carbonyl (C=O) groups excluding carboxylic acids is 2. The highest BCUT2D eigenvalue weighted by Gasteiger charge is 2.18. The predicted molar refractivity (Wildman–Crippen MR) is 127 cm³/mol. The molecule has 0 aliphatic heterocycles. The van der Waals surface area contributed by atoms with Crippen molar-refractivity contribution < 1.29 is 9.59 Å². The van der Waals surface area contributed by atoms with Gasteiger partial charge in [-0.1, -0.05) is 47.5 Å². The van der Waals surface area contributed by atoms with Crippen LogP contribution in [0.1, 0.15) is 70.1 Å². The molecule has 5 heteroatoms. The lowest BCUT2D eigenvalue weighted by Crippen LogP contribution is -2.22. The van der Waals surface area contributed by atoms with E-state index in [2.05, 4.69) is 64.2 Å². The van der Waals surface area contributed by atoms with Gasteiger partial charge in [-0.25, -0.2) is 0 Å². The molecular formula is C24H33NO2S2. The van der Waals surface area contributed by atoms with Gasteiger partial charge in [-0.05, 0) is 42.0 Å². The molecule has 1 unspecified atom stereocenters. The van der Waals surface area contributed by atoms with Gasteiger partial charge in [0.2, 0.25) is 0 Å². The van der Waals surface area contributed by atoms with E-state index in [1.54, 1.807) is 11.3 Å². The normalized spacial score (nSPS) is 13.7. The molecular weight excluding hydrogens is 398 g/mol. The summed E-state index contributed by atoms with van der Waals surface area (Å²) in [5.74, 6) is 0.560. The van der Waals surface area contributed by atoms with Crippen molar-refractivity contribution in [2.75, 3.05) is 6.54 Å². The van der Waals surface area contributed by atoms with Crippen LogP contribution in [0.2, 0.25) is 0 Å². The molecule has 2 heterocycles. The molecule has 0 spiro atoms. The van der Waals surface area contributed by atoms with Crippen molar-refractivity contribution in [3.05, 3.63) is 39.6 Å². The highest BCUT2D eigenvalue weighted by atomic mass is 32.1. The number of rotatable bonds is 11. The lowest BCUT2D eigenvalue weighted by molar-refractivity contribution is -0.109. The molecule has 0 aliphatic rings. The van der Waals surface area contributed by atoms with Gasteiger partial charge in [-0.15, -0.1) is 22.7 Å². The van der Waals surface area contributed by atoms with E-state index in [0.717, 1.165) is 49.0 Å². The molecule has 158 valence electrons. The molecule has 0 radical (unpaired) electrons. The molecule has 0 fully saturated rings. The summed E-state index contributed by atoms with van der Waals surface area (Å²) in [6, 6.07) is 8.56. The second kappa shape index (κ2) is 10.9. The summed E-state index contributed by atoms with van der Waals surface area (Å²) in [6.07, 6.45) is 5.15. The molecule has 3 nitrogen and oxygen atoms in total.